The van der Waals surface area contributed by atoms with Crippen LogP contribution < -0.4 is 20.4 Å². The highest BCUT2D eigenvalue weighted by atomic mass is 16.2. The van der Waals surface area contributed by atoms with Crippen LogP contribution in [0.1, 0.15) is 31.2 Å². The lowest BCUT2D eigenvalue weighted by molar-refractivity contribution is -0.118. The Morgan fingerprint density at radius 1 is 1.13 bits per heavy atom. The van der Waals surface area contributed by atoms with Gasteiger partial charge in [0.25, 0.3) is 0 Å². The molecule has 31 heavy (non-hydrogen) atoms. The Morgan fingerprint density at radius 2 is 1.94 bits per heavy atom. The van der Waals surface area contributed by atoms with E-state index < -0.39 is 0 Å². The third-order valence-corrected chi connectivity index (χ3v) is 6.08. The van der Waals surface area contributed by atoms with E-state index in [1.165, 1.54) is 5.56 Å². The van der Waals surface area contributed by atoms with Crippen molar-refractivity contribution in [1.29, 1.82) is 0 Å². The molecule has 164 valence electrons. The van der Waals surface area contributed by atoms with Crippen molar-refractivity contribution in [3.63, 3.8) is 0 Å². The Hall–Kier alpha value is -3.09. The second-order valence-corrected chi connectivity index (χ2v) is 8.12. The van der Waals surface area contributed by atoms with E-state index in [9.17, 15) is 4.79 Å². The molecule has 0 bridgehead atoms. The van der Waals surface area contributed by atoms with Gasteiger partial charge in [-0.1, -0.05) is 24.3 Å². The molecule has 1 saturated heterocycles. The summed E-state index contributed by atoms with van der Waals surface area (Å²) in [5.41, 5.74) is 2.35. The van der Waals surface area contributed by atoms with Crippen molar-refractivity contribution >= 4 is 23.4 Å². The predicted molar refractivity (Wildman–Crippen MR) is 126 cm³/mol. The number of rotatable bonds is 6. The lowest BCUT2D eigenvalue weighted by Gasteiger charge is -2.33. The zero-order chi connectivity index (χ0) is 21.5. The van der Waals surface area contributed by atoms with Gasteiger partial charge in [0.15, 0.2) is 5.96 Å². The first-order chi connectivity index (χ1) is 15.2. The van der Waals surface area contributed by atoms with Crippen LogP contribution >= 0.6 is 0 Å². The van der Waals surface area contributed by atoms with Gasteiger partial charge in [0.2, 0.25) is 5.91 Å². The predicted octanol–water partition coefficient (Wildman–Crippen LogP) is 2.58. The van der Waals surface area contributed by atoms with Gasteiger partial charge in [0, 0.05) is 57.6 Å². The molecule has 1 fully saturated rings. The van der Waals surface area contributed by atoms with Gasteiger partial charge < -0.3 is 20.4 Å². The number of carbonyl (C=O) groups is 1. The van der Waals surface area contributed by atoms with Gasteiger partial charge in [0.05, 0.1) is 0 Å². The molecule has 4 rings (SSSR count). The lowest BCUT2D eigenvalue weighted by atomic mass is 10.1. The van der Waals surface area contributed by atoms with Crippen molar-refractivity contribution in [2.45, 2.75) is 38.1 Å². The number of aliphatic imine (C=N–C) groups is 1. The molecule has 0 radical (unpaired) electrons. The van der Waals surface area contributed by atoms with Crippen LogP contribution in [0.5, 0.6) is 0 Å². The summed E-state index contributed by atoms with van der Waals surface area (Å²) in [6, 6.07) is 14.6. The number of fused-ring (bicyclic) bond motifs is 1. The molecule has 0 spiro atoms. The highest BCUT2D eigenvalue weighted by Gasteiger charge is 2.24. The Bertz CT molecular complexity index is 892. The van der Waals surface area contributed by atoms with E-state index in [-0.39, 0.29) is 5.91 Å². The zero-order valence-electron chi connectivity index (χ0n) is 18.3. The molecule has 0 atom stereocenters. The fourth-order valence-corrected chi connectivity index (χ4v) is 4.36. The van der Waals surface area contributed by atoms with Crippen LogP contribution in [0.25, 0.3) is 0 Å². The number of nitrogens with one attached hydrogen (secondary N) is 2. The molecule has 0 saturated carbocycles. The monoisotopic (exact) mass is 420 g/mol. The van der Waals surface area contributed by atoms with Crippen molar-refractivity contribution in [3.05, 3.63) is 54.2 Å². The van der Waals surface area contributed by atoms with E-state index in [1.807, 2.05) is 41.4 Å². The molecule has 7 nitrogen and oxygen atoms in total. The second-order valence-electron chi connectivity index (χ2n) is 8.12. The summed E-state index contributed by atoms with van der Waals surface area (Å²) in [6.07, 6.45) is 6.22. The first kappa shape index (κ1) is 21.2. The number of pyridine rings is 1. The summed E-state index contributed by atoms with van der Waals surface area (Å²) in [6.45, 7) is 3.49. The number of hydrogen-bond acceptors (Lipinski definition) is 4. The number of nitrogens with zero attached hydrogens (tertiary/aromatic N) is 4. The Labute approximate surface area is 184 Å². The van der Waals surface area contributed by atoms with Crippen molar-refractivity contribution in [1.82, 2.24) is 15.6 Å². The normalized spacial score (nSPS) is 16.9. The second kappa shape index (κ2) is 10.3. The first-order valence-electron chi connectivity index (χ1n) is 11.3. The maximum atomic E-state index is 12.6. The third-order valence-electron chi connectivity index (χ3n) is 6.08. The van der Waals surface area contributed by atoms with Gasteiger partial charge in [-0.05, 0) is 49.4 Å². The molecule has 3 heterocycles. The number of benzene rings is 1. The molecule has 2 aliphatic heterocycles. The lowest BCUT2D eigenvalue weighted by Crippen LogP contribution is -2.49. The molecule has 1 aromatic heterocycles. The fourth-order valence-electron chi connectivity index (χ4n) is 4.36. The van der Waals surface area contributed by atoms with E-state index in [0.29, 0.717) is 12.5 Å². The summed E-state index contributed by atoms with van der Waals surface area (Å²) in [5, 5.41) is 6.90. The maximum absolute atomic E-state index is 12.6. The molecular formula is C24H32N6O. The minimum atomic E-state index is 0.205. The number of amides is 1. The van der Waals surface area contributed by atoms with E-state index in [0.717, 1.165) is 69.3 Å². The molecule has 0 aliphatic carbocycles. The van der Waals surface area contributed by atoms with Gasteiger partial charge in [0.1, 0.15) is 5.82 Å². The van der Waals surface area contributed by atoms with Crippen LogP contribution in [0, 0.1) is 0 Å². The summed E-state index contributed by atoms with van der Waals surface area (Å²) < 4.78 is 0. The van der Waals surface area contributed by atoms with Crippen LogP contribution in [0.15, 0.2) is 53.7 Å². The first-order valence-corrected chi connectivity index (χ1v) is 11.3. The van der Waals surface area contributed by atoms with E-state index in [4.69, 9.17) is 0 Å². The fraction of sp³-hybridized carbons (Fsp3) is 0.458. The van der Waals surface area contributed by atoms with Crippen LogP contribution in [-0.4, -0.2) is 56.1 Å². The quantitative estimate of drug-likeness (QED) is 0.427. The number of guanidine groups is 1. The highest BCUT2D eigenvalue weighted by molar-refractivity contribution is 5.95. The number of aromatic nitrogens is 1. The topological polar surface area (TPSA) is 72.9 Å². The van der Waals surface area contributed by atoms with Gasteiger partial charge >= 0.3 is 0 Å². The molecule has 1 aromatic carbocycles. The molecule has 2 aromatic rings. The number of hydrogen-bond donors (Lipinski definition) is 2. The van der Waals surface area contributed by atoms with Crippen molar-refractivity contribution < 1.29 is 4.79 Å². The minimum absolute atomic E-state index is 0.205. The third kappa shape index (κ3) is 5.34. The summed E-state index contributed by atoms with van der Waals surface area (Å²) >= 11 is 0. The largest absolute Gasteiger partial charge is 0.356 e. The summed E-state index contributed by atoms with van der Waals surface area (Å²) in [4.78, 5) is 25.7. The van der Waals surface area contributed by atoms with Crippen LogP contribution in [-0.2, 0) is 11.2 Å². The van der Waals surface area contributed by atoms with Crippen molar-refractivity contribution in [3.8, 4) is 0 Å². The molecule has 1 amide bonds. The number of anilines is 2. The summed E-state index contributed by atoms with van der Waals surface area (Å²) in [5.74, 6) is 2.07. The number of para-hydroxylation sites is 1. The molecule has 7 heteroatoms. The molecule has 2 aliphatic rings. The molecule has 0 unspecified atom stereocenters. The van der Waals surface area contributed by atoms with Crippen LogP contribution in [0.2, 0.25) is 0 Å². The van der Waals surface area contributed by atoms with Gasteiger partial charge in [-0.15, -0.1) is 0 Å². The molecular weight excluding hydrogens is 388 g/mol. The SMILES string of the molecule is CN=C(NCCCC(=O)N1CCc2ccccc21)NC1CCN(c2ccccn2)CC1. The average Bonchev–Trinajstić information content (AvgIpc) is 3.26. The van der Waals surface area contributed by atoms with Crippen molar-refractivity contribution in [2.75, 3.05) is 43.0 Å². The number of carbonyl (C=O) groups excluding carboxylic acids is 1. The maximum Gasteiger partial charge on any atom is 0.227 e. The highest BCUT2D eigenvalue weighted by Crippen LogP contribution is 2.28. The average molecular weight is 421 g/mol. The van der Waals surface area contributed by atoms with E-state index in [2.05, 4.69) is 37.6 Å². The number of piperidine rings is 1. The van der Waals surface area contributed by atoms with Gasteiger partial charge in [-0.2, -0.15) is 0 Å². The molecule has 2 N–H and O–H groups in total. The van der Waals surface area contributed by atoms with Crippen LogP contribution in [0.4, 0.5) is 11.5 Å². The van der Waals surface area contributed by atoms with Gasteiger partial charge in [-0.25, -0.2) is 4.98 Å². The standard InChI is InChI=1S/C24H32N6O/c1-25-24(28-20-12-16-29(17-13-20)22-9-4-5-14-26-22)27-15-6-10-23(31)30-18-11-19-7-2-3-8-21(19)30/h2-5,7-9,14,20H,6,10-13,15-18H2,1H3,(H2,25,27,28). The smallest absolute Gasteiger partial charge is 0.227 e. The summed E-state index contributed by atoms with van der Waals surface area (Å²) in [7, 11) is 1.80. The Morgan fingerprint density at radius 3 is 2.71 bits per heavy atom. The van der Waals surface area contributed by atoms with E-state index >= 15 is 0 Å². The van der Waals surface area contributed by atoms with Crippen molar-refractivity contribution in [2.24, 2.45) is 4.99 Å². The minimum Gasteiger partial charge on any atom is -0.356 e. The zero-order valence-corrected chi connectivity index (χ0v) is 18.3. The van der Waals surface area contributed by atoms with Gasteiger partial charge in [-0.3, -0.25) is 9.79 Å². The van der Waals surface area contributed by atoms with E-state index in [1.54, 1.807) is 7.05 Å². The Balaban J connectivity index is 1.16. The Kier molecular flexibility index (Phi) is 7.02. The van der Waals surface area contributed by atoms with Crippen LogP contribution in [0.3, 0.4) is 0 Å².